The van der Waals surface area contributed by atoms with E-state index in [-0.39, 0.29) is 0 Å². The van der Waals surface area contributed by atoms with Crippen molar-refractivity contribution >= 4 is 23.4 Å². The van der Waals surface area contributed by atoms with E-state index in [0.717, 1.165) is 60.4 Å². The quantitative estimate of drug-likeness (QED) is 0.591. The van der Waals surface area contributed by atoms with Gasteiger partial charge in [-0.25, -0.2) is 4.98 Å². The third kappa shape index (κ3) is 5.02. The van der Waals surface area contributed by atoms with Gasteiger partial charge in [-0.15, -0.1) is 0 Å². The molecule has 0 aliphatic carbocycles. The Labute approximate surface area is 159 Å². The Kier molecular flexibility index (Phi) is 6.57. The molecule has 6 nitrogen and oxygen atoms in total. The highest BCUT2D eigenvalue weighted by atomic mass is 32.2. The van der Waals surface area contributed by atoms with Crippen LogP contribution < -0.4 is 15.4 Å². The lowest BCUT2D eigenvalue weighted by atomic mass is 10.3. The summed E-state index contributed by atoms with van der Waals surface area (Å²) in [7, 11) is 2.14. The molecule has 1 aliphatic heterocycles. The highest BCUT2D eigenvalue weighted by Gasteiger charge is 2.19. The smallest absolute Gasteiger partial charge is 0.232 e. The molecule has 0 bridgehead atoms. The van der Waals surface area contributed by atoms with Gasteiger partial charge in [-0.05, 0) is 37.7 Å². The zero-order valence-corrected chi connectivity index (χ0v) is 16.3. The first-order chi connectivity index (χ1) is 12.7. The number of nitrogens with two attached hydrogens (primary N) is 1. The van der Waals surface area contributed by atoms with Gasteiger partial charge in [-0.3, -0.25) is 0 Å². The lowest BCUT2D eigenvalue weighted by Gasteiger charge is -2.32. The molecule has 1 fully saturated rings. The largest absolute Gasteiger partial charge is 0.477 e. The average Bonchev–Trinajstić information content (AvgIpc) is 2.65. The van der Waals surface area contributed by atoms with Crippen LogP contribution in [0, 0.1) is 0 Å². The van der Waals surface area contributed by atoms with Crippen LogP contribution in [0.3, 0.4) is 0 Å². The molecule has 1 aromatic carbocycles. The highest BCUT2D eigenvalue weighted by molar-refractivity contribution is 7.99. The number of hydrogen-bond donors (Lipinski definition) is 1. The number of aromatic nitrogens is 2. The zero-order valence-electron chi connectivity index (χ0n) is 15.5. The van der Waals surface area contributed by atoms with Gasteiger partial charge >= 0.3 is 0 Å². The summed E-state index contributed by atoms with van der Waals surface area (Å²) < 4.78 is 5.99. The van der Waals surface area contributed by atoms with E-state index in [1.807, 2.05) is 30.5 Å². The molecule has 2 heterocycles. The van der Waals surface area contributed by atoms with E-state index in [4.69, 9.17) is 15.5 Å². The second kappa shape index (κ2) is 9.09. The molecule has 2 aromatic rings. The van der Waals surface area contributed by atoms with Crippen molar-refractivity contribution in [1.29, 1.82) is 0 Å². The summed E-state index contributed by atoms with van der Waals surface area (Å²) in [6.07, 6.45) is 3.99. The fraction of sp³-hybridized carbons (Fsp3) is 0.474. The second-order valence-electron chi connectivity index (χ2n) is 6.50. The van der Waals surface area contributed by atoms with E-state index in [1.54, 1.807) is 11.8 Å². The van der Waals surface area contributed by atoms with Crippen molar-refractivity contribution < 1.29 is 4.74 Å². The number of anilines is 2. The van der Waals surface area contributed by atoms with Crippen LogP contribution >= 0.6 is 11.8 Å². The summed E-state index contributed by atoms with van der Waals surface area (Å²) in [6, 6.07) is 7.81. The van der Waals surface area contributed by atoms with Crippen LogP contribution in [-0.4, -0.2) is 54.7 Å². The number of nitrogens with zero attached hydrogens (tertiary/aromatic N) is 4. The maximum Gasteiger partial charge on any atom is 0.232 e. The van der Waals surface area contributed by atoms with Crippen LogP contribution in [0.15, 0.2) is 40.3 Å². The molecule has 0 saturated carbocycles. The Morgan fingerprint density at radius 2 is 1.88 bits per heavy atom. The van der Waals surface area contributed by atoms with Gasteiger partial charge in [0.15, 0.2) is 0 Å². The van der Waals surface area contributed by atoms with Gasteiger partial charge in [0.2, 0.25) is 11.8 Å². The first kappa shape index (κ1) is 18.8. The molecule has 0 atom stereocenters. The molecule has 0 amide bonds. The summed E-state index contributed by atoms with van der Waals surface area (Å²) in [6.45, 7) is 6.76. The number of unbranched alkanes of at least 4 members (excludes halogenated alkanes) is 1. The molecule has 7 heteroatoms. The van der Waals surface area contributed by atoms with Crippen molar-refractivity contribution in [3.8, 4) is 5.88 Å². The lowest BCUT2D eigenvalue weighted by Crippen LogP contribution is -2.45. The van der Waals surface area contributed by atoms with Gasteiger partial charge in [0.25, 0.3) is 0 Å². The second-order valence-corrected chi connectivity index (χ2v) is 7.62. The summed E-state index contributed by atoms with van der Waals surface area (Å²) in [5.74, 6) is 1.43. The lowest BCUT2D eigenvalue weighted by molar-refractivity contribution is 0.287. The zero-order chi connectivity index (χ0) is 18.4. The van der Waals surface area contributed by atoms with Gasteiger partial charge in [0.05, 0.1) is 17.7 Å². The number of benzene rings is 1. The molecule has 3 rings (SSSR count). The van der Waals surface area contributed by atoms with Crippen molar-refractivity contribution in [2.75, 3.05) is 50.5 Å². The maximum atomic E-state index is 5.99. The van der Waals surface area contributed by atoms with Crippen LogP contribution in [0.2, 0.25) is 0 Å². The summed E-state index contributed by atoms with van der Waals surface area (Å²) in [5, 5.41) is 0. The van der Waals surface area contributed by atoms with Crippen molar-refractivity contribution in [2.24, 2.45) is 0 Å². The third-order valence-corrected chi connectivity index (χ3v) is 5.35. The topological polar surface area (TPSA) is 67.5 Å². The Morgan fingerprint density at radius 3 is 2.58 bits per heavy atom. The maximum absolute atomic E-state index is 5.99. The van der Waals surface area contributed by atoms with Gasteiger partial charge in [-0.1, -0.05) is 25.1 Å². The number of nitrogen functional groups attached to an aromatic ring is 1. The Hall–Kier alpha value is -1.99. The molecule has 1 aromatic heterocycles. The minimum absolute atomic E-state index is 0.671. The first-order valence-corrected chi connectivity index (χ1v) is 9.94. The average molecular weight is 374 g/mol. The van der Waals surface area contributed by atoms with E-state index in [0.29, 0.717) is 12.5 Å². The SMILES string of the molecule is CCCCOc1nc(N2CCN(C)CC2)ncc1Sc1ccc(N)cc1. The minimum Gasteiger partial charge on any atom is -0.477 e. The minimum atomic E-state index is 0.671. The predicted molar refractivity (Wildman–Crippen MR) is 107 cm³/mol. The van der Waals surface area contributed by atoms with E-state index < -0.39 is 0 Å². The molecule has 0 radical (unpaired) electrons. The fourth-order valence-electron chi connectivity index (χ4n) is 2.65. The van der Waals surface area contributed by atoms with Crippen molar-refractivity contribution in [3.05, 3.63) is 30.5 Å². The van der Waals surface area contributed by atoms with Gasteiger partial charge in [-0.2, -0.15) is 4.98 Å². The Bertz CT molecular complexity index is 702. The molecular formula is C19H27N5OS. The van der Waals surface area contributed by atoms with Crippen molar-refractivity contribution in [2.45, 2.75) is 29.6 Å². The van der Waals surface area contributed by atoms with Crippen LogP contribution in [-0.2, 0) is 0 Å². The van der Waals surface area contributed by atoms with E-state index in [2.05, 4.69) is 28.8 Å². The molecule has 1 aliphatic rings. The van der Waals surface area contributed by atoms with Crippen LogP contribution in [0.4, 0.5) is 11.6 Å². The number of rotatable bonds is 7. The van der Waals surface area contributed by atoms with E-state index >= 15 is 0 Å². The summed E-state index contributed by atoms with van der Waals surface area (Å²) in [4.78, 5) is 15.9. The summed E-state index contributed by atoms with van der Waals surface area (Å²) >= 11 is 1.60. The number of hydrogen-bond acceptors (Lipinski definition) is 7. The van der Waals surface area contributed by atoms with Crippen LogP contribution in [0.5, 0.6) is 5.88 Å². The number of likely N-dealkylation sites (N-methyl/N-ethyl adjacent to an activating group) is 1. The van der Waals surface area contributed by atoms with Gasteiger partial charge < -0.3 is 20.3 Å². The molecule has 140 valence electrons. The molecule has 2 N–H and O–H groups in total. The summed E-state index contributed by atoms with van der Waals surface area (Å²) in [5.41, 5.74) is 6.54. The van der Waals surface area contributed by atoms with Crippen molar-refractivity contribution in [1.82, 2.24) is 14.9 Å². The standard InChI is InChI=1S/C19H27N5OS/c1-3-4-13-25-18-17(26-16-7-5-15(20)6-8-16)14-21-19(22-18)24-11-9-23(2)10-12-24/h5-8,14H,3-4,9-13,20H2,1-2H3. The monoisotopic (exact) mass is 373 g/mol. The predicted octanol–water partition coefficient (Wildman–Crippen LogP) is 3.14. The highest BCUT2D eigenvalue weighted by Crippen LogP contribution is 2.34. The molecule has 1 saturated heterocycles. The first-order valence-electron chi connectivity index (χ1n) is 9.12. The van der Waals surface area contributed by atoms with Crippen molar-refractivity contribution in [3.63, 3.8) is 0 Å². The fourth-order valence-corrected chi connectivity index (χ4v) is 3.48. The van der Waals surface area contributed by atoms with Crippen LogP contribution in [0.25, 0.3) is 0 Å². The van der Waals surface area contributed by atoms with Crippen LogP contribution in [0.1, 0.15) is 19.8 Å². The number of piperazine rings is 1. The Morgan fingerprint density at radius 1 is 1.15 bits per heavy atom. The third-order valence-electron chi connectivity index (χ3n) is 4.34. The van der Waals surface area contributed by atoms with E-state index in [1.165, 1.54) is 0 Å². The number of ether oxygens (including phenoxy) is 1. The molecule has 0 spiro atoms. The normalized spacial score (nSPS) is 15.2. The molecular weight excluding hydrogens is 346 g/mol. The van der Waals surface area contributed by atoms with Gasteiger partial charge in [0.1, 0.15) is 0 Å². The van der Waals surface area contributed by atoms with Gasteiger partial charge in [0, 0.05) is 36.8 Å². The Balaban J connectivity index is 1.79. The molecule has 26 heavy (non-hydrogen) atoms. The molecule has 0 unspecified atom stereocenters. The van der Waals surface area contributed by atoms with E-state index in [9.17, 15) is 0 Å².